The normalized spacial score (nSPS) is 43.8. The molecule has 0 aromatic heterocycles. The summed E-state index contributed by atoms with van der Waals surface area (Å²) < 4.78 is 0. The Morgan fingerprint density at radius 2 is 1.69 bits per heavy atom. The molecule has 4 nitrogen and oxygen atoms in total. The number of hydrogen-bond donors (Lipinski definition) is 3. The molecule has 2 bridgehead atoms. The molecule has 0 heterocycles. The topological polar surface area (TPSA) is 77.8 Å². The fourth-order valence-electron chi connectivity index (χ4n) is 3.12. The van der Waals surface area contributed by atoms with Crippen LogP contribution in [0.3, 0.4) is 0 Å². The van der Waals surface area contributed by atoms with Crippen LogP contribution in [0.15, 0.2) is 0 Å². The lowest BCUT2D eigenvalue weighted by Gasteiger charge is -2.68. The van der Waals surface area contributed by atoms with Crippen LogP contribution < -0.4 is 0 Å². The molecule has 3 saturated carbocycles. The second kappa shape index (κ2) is 3.70. The van der Waals surface area contributed by atoms with Crippen molar-refractivity contribution >= 4 is 5.97 Å². The molecule has 16 heavy (non-hydrogen) atoms. The van der Waals surface area contributed by atoms with Crippen molar-refractivity contribution in [3.63, 3.8) is 0 Å². The first kappa shape index (κ1) is 13.5. The third-order valence-corrected chi connectivity index (χ3v) is 4.50. The molecule has 3 rings (SSSR count). The van der Waals surface area contributed by atoms with Gasteiger partial charge in [-0.2, -0.15) is 0 Å². The molecule has 3 aliphatic carbocycles. The Kier molecular flexibility index (Phi) is 3.12. The van der Waals surface area contributed by atoms with Gasteiger partial charge in [0.1, 0.15) is 0 Å². The molecule has 0 aromatic rings. The zero-order valence-corrected chi connectivity index (χ0v) is 10.4. The Bertz CT molecular complexity index is 281. The second-order valence-corrected chi connectivity index (χ2v) is 5.81. The van der Waals surface area contributed by atoms with Crippen molar-refractivity contribution in [3.8, 4) is 0 Å². The van der Waals surface area contributed by atoms with Crippen molar-refractivity contribution < 1.29 is 20.1 Å². The van der Waals surface area contributed by atoms with E-state index in [0.717, 1.165) is 26.2 Å². The standard InChI is InChI=1S/C10H18O2.C2H4O2/c1-8(2)7-4-5-9(3,11)10(8,12)6-7;1-2(3)4/h7,11-12H,4-6H2,1-3H3;1H3,(H,3,4). The van der Waals surface area contributed by atoms with Gasteiger partial charge in [-0.15, -0.1) is 0 Å². The van der Waals surface area contributed by atoms with Gasteiger partial charge in [0.25, 0.3) is 5.97 Å². The number of carbonyl (C=O) groups is 1. The number of carboxylic acid groups (broad SMARTS) is 1. The lowest BCUT2D eigenvalue weighted by molar-refractivity contribution is -0.312. The fraction of sp³-hybridized carbons (Fsp3) is 0.917. The van der Waals surface area contributed by atoms with Gasteiger partial charge in [-0.3, -0.25) is 4.79 Å². The van der Waals surface area contributed by atoms with E-state index in [1.54, 1.807) is 6.92 Å². The highest BCUT2D eigenvalue weighted by atomic mass is 16.4. The highest BCUT2D eigenvalue weighted by Gasteiger charge is 2.69. The largest absolute Gasteiger partial charge is 0.481 e. The average Bonchev–Trinajstić information content (AvgIpc) is 2.08. The maximum Gasteiger partial charge on any atom is 0.300 e. The summed E-state index contributed by atoms with van der Waals surface area (Å²) in [6.07, 6.45) is 2.59. The summed E-state index contributed by atoms with van der Waals surface area (Å²) in [6.45, 7) is 6.98. The summed E-state index contributed by atoms with van der Waals surface area (Å²) in [5.41, 5.74) is -1.79. The van der Waals surface area contributed by atoms with E-state index in [0.29, 0.717) is 5.92 Å². The molecule has 0 aliphatic heterocycles. The van der Waals surface area contributed by atoms with Crippen molar-refractivity contribution in [2.24, 2.45) is 11.3 Å². The summed E-state index contributed by atoms with van der Waals surface area (Å²) in [6, 6.07) is 0. The molecule has 3 aliphatic rings. The average molecular weight is 230 g/mol. The molecule has 0 saturated heterocycles. The van der Waals surface area contributed by atoms with Crippen molar-refractivity contribution in [1.82, 2.24) is 0 Å². The molecule has 3 atom stereocenters. The van der Waals surface area contributed by atoms with Gasteiger partial charge >= 0.3 is 0 Å². The molecule has 0 radical (unpaired) electrons. The lowest BCUT2D eigenvalue weighted by atomic mass is 9.41. The van der Waals surface area contributed by atoms with Gasteiger partial charge < -0.3 is 15.3 Å². The maximum atomic E-state index is 10.2. The Balaban J connectivity index is 0.000000280. The predicted molar refractivity (Wildman–Crippen MR) is 60.0 cm³/mol. The number of rotatable bonds is 0. The quantitative estimate of drug-likeness (QED) is 0.588. The highest BCUT2D eigenvalue weighted by Crippen LogP contribution is 2.65. The van der Waals surface area contributed by atoms with Crippen LogP contribution in [-0.4, -0.2) is 32.5 Å². The van der Waals surface area contributed by atoms with Gasteiger partial charge in [-0.05, 0) is 37.5 Å². The molecule has 3 fully saturated rings. The molecule has 3 unspecified atom stereocenters. The third-order valence-electron chi connectivity index (χ3n) is 4.50. The smallest absolute Gasteiger partial charge is 0.300 e. The van der Waals surface area contributed by atoms with E-state index in [9.17, 15) is 10.2 Å². The van der Waals surface area contributed by atoms with Crippen LogP contribution in [-0.2, 0) is 4.79 Å². The Morgan fingerprint density at radius 1 is 1.25 bits per heavy atom. The van der Waals surface area contributed by atoms with E-state index >= 15 is 0 Å². The van der Waals surface area contributed by atoms with Gasteiger partial charge in [0.15, 0.2) is 0 Å². The number of hydrogen-bond acceptors (Lipinski definition) is 3. The SMILES string of the molecule is CC(=O)O.CC1(O)CCC2CC1(O)C2(C)C. The summed E-state index contributed by atoms with van der Waals surface area (Å²) in [4.78, 5) is 9.00. The van der Waals surface area contributed by atoms with Gasteiger partial charge in [-0.1, -0.05) is 13.8 Å². The first-order valence-electron chi connectivity index (χ1n) is 5.69. The van der Waals surface area contributed by atoms with Crippen molar-refractivity contribution in [1.29, 1.82) is 0 Å². The lowest BCUT2D eigenvalue weighted by Crippen LogP contribution is -2.74. The molecule has 4 heteroatoms. The highest BCUT2D eigenvalue weighted by molar-refractivity contribution is 5.62. The fourth-order valence-corrected chi connectivity index (χ4v) is 3.12. The number of aliphatic carboxylic acids is 1. The van der Waals surface area contributed by atoms with Crippen molar-refractivity contribution in [3.05, 3.63) is 0 Å². The Hall–Kier alpha value is -0.610. The monoisotopic (exact) mass is 230 g/mol. The molecular formula is C12H22O4. The summed E-state index contributed by atoms with van der Waals surface area (Å²) >= 11 is 0. The van der Waals surface area contributed by atoms with Crippen LogP contribution in [0.2, 0.25) is 0 Å². The first-order valence-corrected chi connectivity index (χ1v) is 5.69. The van der Waals surface area contributed by atoms with Crippen LogP contribution in [0.25, 0.3) is 0 Å². The van der Waals surface area contributed by atoms with E-state index in [4.69, 9.17) is 9.90 Å². The van der Waals surface area contributed by atoms with Crippen molar-refractivity contribution in [2.45, 2.75) is 58.2 Å². The number of carboxylic acids is 1. The molecule has 94 valence electrons. The van der Waals surface area contributed by atoms with Crippen LogP contribution in [0.5, 0.6) is 0 Å². The predicted octanol–water partition coefficient (Wildman–Crippen LogP) is 1.40. The zero-order chi connectivity index (χ0) is 12.8. The van der Waals surface area contributed by atoms with Gasteiger partial charge in [0.05, 0.1) is 11.2 Å². The van der Waals surface area contributed by atoms with Crippen LogP contribution in [0.4, 0.5) is 0 Å². The number of fused-ring (bicyclic) bond motifs is 2. The molecule has 3 N–H and O–H groups in total. The molecule has 0 aromatic carbocycles. The Labute approximate surface area is 96.3 Å². The molecule has 0 spiro atoms. The van der Waals surface area contributed by atoms with E-state index in [1.165, 1.54) is 0 Å². The van der Waals surface area contributed by atoms with E-state index < -0.39 is 17.2 Å². The van der Waals surface area contributed by atoms with E-state index in [-0.39, 0.29) is 5.41 Å². The summed E-state index contributed by atoms with van der Waals surface area (Å²) in [5, 5.41) is 27.7. The second-order valence-electron chi connectivity index (χ2n) is 5.81. The molecule has 0 amide bonds. The number of aliphatic hydroxyl groups is 2. The zero-order valence-electron chi connectivity index (χ0n) is 10.4. The van der Waals surface area contributed by atoms with Gasteiger partial charge in [0.2, 0.25) is 0 Å². The van der Waals surface area contributed by atoms with Crippen LogP contribution in [0.1, 0.15) is 47.0 Å². The van der Waals surface area contributed by atoms with E-state index in [2.05, 4.69) is 13.8 Å². The summed E-state index contributed by atoms with van der Waals surface area (Å²) in [7, 11) is 0. The minimum atomic E-state index is -0.870. The Morgan fingerprint density at radius 3 is 1.94 bits per heavy atom. The first-order chi connectivity index (χ1) is 7.04. The van der Waals surface area contributed by atoms with Gasteiger partial charge in [-0.25, -0.2) is 0 Å². The minimum absolute atomic E-state index is 0.0885. The summed E-state index contributed by atoms with van der Waals surface area (Å²) in [5.74, 6) is -0.220. The van der Waals surface area contributed by atoms with Crippen LogP contribution in [0, 0.1) is 11.3 Å². The van der Waals surface area contributed by atoms with Crippen molar-refractivity contribution in [2.75, 3.05) is 0 Å². The minimum Gasteiger partial charge on any atom is -0.481 e. The maximum absolute atomic E-state index is 10.2. The third kappa shape index (κ3) is 1.74. The molecular weight excluding hydrogens is 208 g/mol. The van der Waals surface area contributed by atoms with E-state index in [1.807, 2.05) is 0 Å². The van der Waals surface area contributed by atoms with Crippen LogP contribution >= 0.6 is 0 Å². The van der Waals surface area contributed by atoms with Gasteiger partial charge in [0, 0.05) is 6.92 Å².